The Labute approximate surface area is 117 Å². The molecule has 1 heterocycles. The molecular weight excluding hydrogens is 269 g/mol. The van der Waals surface area contributed by atoms with Crippen LogP contribution >= 0.6 is 11.6 Å². The van der Waals surface area contributed by atoms with Gasteiger partial charge in [-0.2, -0.15) is 0 Å². The zero-order valence-corrected chi connectivity index (χ0v) is 11.7. The van der Waals surface area contributed by atoms with Crippen LogP contribution in [0.4, 0.5) is 4.39 Å². The lowest BCUT2D eigenvalue weighted by Crippen LogP contribution is -2.30. The topological polar surface area (TPSA) is 40.5 Å². The minimum Gasteiger partial charge on any atom is -0.393 e. The summed E-state index contributed by atoms with van der Waals surface area (Å²) in [7, 11) is 0. The van der Waals surface area contributed by atoms with E-state index in [0.717, 1.165) is 6.42 Å². The van der Waals surface area contributed by atoms with Crippen molar-refractivity contribution in [3.05, 3.63) is 34.1 Å². The second-order valence-electron chi connectivity index (χ2n) is 5.12. The Hall–Kier alpha value is -1.13. The molecule has 19 heavy (non-hydrogen) atoms. The molecule has 1 saturated heterocycles. The van der Waals surface area contributed by atoms with Crippen LogP contribution in [0.25, 0.3) is 0 Å². The number of benzene rings is 1. The molecule has 2 unspecified atom stereocenters. The number of aryl methyl sites for hydroxylation is 1. The van der Waals surface area contributed by atoms with Gasteiger partial charge < -0.3 is 10.0 Å². The summed E-state index contributed by atoms with van der Waals surface area (Å²) in [5.74, 6) is -0.509. The van der Waals surface area contributed by atoms with E-state index in [1.807, 2.05) is 0 Å². The van der Waals surface area contributed by atoms with Crippen LogP contribution in [-0.4, -0.2) is 35.1 Å². The fraction of sp³-hybridized carbons (Fsp3) is 0.500. The van der Waals surface area contributed by atoms with Crippen LogP contribution in [0.2, 0.25) is 5.02 Å². The van der Waals surface area contributed by atoms with Crippen LogP contribution in [0.15, 0.2) is 12.1 Å². The first-order valence-electron chi connectivity index (χ1n) is 6.33. The molecular formula is C14H17ClFNO2. The highest BCUT2D eigenvalue weighted by Crippen LogP contribution is 2.26. The van der Waals surface area contributed by atoms with Gasteiger partial charge in [0.05, 0.1) is 16.7 Å². The molecule has 1 N–H and O–H groups in total. The maximum Gasteiger partial charge on any atom is 0.255 e. The molecule has 0 spiro atoms. The van der Waals surface area contributed by atoms with E-state index in [1.165, 1.54) is 12.1 Å². The van der Waals surface area contributed by atoms with Crippen LogP contribution in [-0.2, 0) is 0 Å². The monoisotopic (exact) mass is 285 g/mol. The Kier molecular flexibility index (Phi) is 4.11. The van der Waals surface area contributed by atoms with E-state index in [-0.39, 0.29) is 16.8 Å². The minimum absolute atomic E-state index is 0.101. The maximum atomic E-state index is 13.3. The highest BCUT2D eigenvalue weighted by molar-refractivity contribution is 6.33. The second-order valence-corrected chi connectivity index (χ2v) is 5.53. The first-order chi connectivity index (χ1) is 8.90. The third-order valence-electron chi connectivity index (χ3n) is 3.67. The molecule has 1 amide bonds. The standard InChI is InChI=1S/C14H17ClFNO2/c1-8-5-11(12(15)6-13(8)16)14(19)17-4-3-10(7-17)9(2)18/h5-6,9-10,18H,3-4,7H2,1-2H3. The summed E-state index contributed by atoms with van der Waals surface area (Å²) in [6.45, 7) is 4.45. The van der Waals surface area contributed by atoms with E-state index in [9.17, 15) is 14.3 Å². The molecule has 3 nitrogen and oxygen atoms in total. The van der Waals surface area contributed by atoms with Crippen molar-refractivity contribution in [3.63, 3.8) is 0 Å². The molecule has 0 bridgehead atoms. The van der Waals surface area contributed by atoms with Crippen molar-refractivity contribution >= 4 is 17.5 Å². The fourth-order valence-electron chi connectivity index (χ4n) is 2.36. The number of aliphatic hydroxyl groups excluding tert-OH is 1. The van der Waals surface area contributed by atoms with Gasteiger partial charge in [0.2, 0.25) is 0 Å². The van der Waals surface area contributed by atoms with Crippen molar-refractivity contribution in [1.82, 2.24) is 4.90 Å². The maximum absolute atomic E-state index is 13.3. The number of nitrogens with zero attached hydrogens (tertiary/aromatic N) is 1. The van der Waals surface area contributed by atoms with Gasteiger partial charge in [-0.1, -0.05) is 11.6 Å². The lowest BCUT2D eigenvalue weighted by molar-refractivity contribution is 0.0762. The van der Waals surface area contributed by atoms with Crippen LogP contribution in [0.1, 0.15) is 29.3 Å². The Balaban J connectivity index is 2.19. The van der Waals surface area contributed by atoms with Gasteiger partial charge in [-0.05, 0) is 38.0 Å². The van der Waals surface area contributed by atoms with E-state index in [1.54, 1.807) is 18.7 Å². The number of carbonyl (C=O) groups is 1. The Morgan fingerprint density at radius 2 is 2.26 bits per heavy atom. The van der Waals surface area contributed by atoms with Crippen LogP contribution in [0, 0.1) is 18.7 Å². The first kappa shape index (κ1) is 14.3. The molecule has 0 aromatic heterocycles. The summed E-state index contributed by atoms with van der Waals surface area (Å²) in [5.41, 5.74) is 0.728. The SMILES string of the molecule is Cc1cc(C(=O)N2CCC(C(C)O)C2)c(Cl)cc1F. The van der Waals surface area contributed by atoms with Gasteiger partial charge in [-0.15, -0.1) is 0 Å². The summed E-state index contributed by atoms with van der Waals surface area (Å²) in [6.07, 6.45) is 0.351. The van der Waals surface area contributed by atoms with Gasteiger partial charge in [0.15, 0.2) is 0 Å². The Morgan fingerprint density at radius 1 is 1.58 bits per heavy atom. The molecule has 1 aliphatic heterocycles. The highest BCUT2D eigenvalue weighted by Gasteiger charge is 2.30. The number of amides is 1. The van der Waals surface area contributed by atoms with Crippen molar-refractivity contribution in [2.24, 2.45) is 5.92 Å². The van der Waals surface area contributed by atoms with Crippen LogP contribution < -0.4 is 0 Å². The lowest BCUT2D eigenvalue weighted by atomic mass is 10.0. The molecule has 2 atom stereocenters. The summed E-state index contributed by atoms with van der Waals surface area (Å²) < 4.78 is 13.3. The van der Waals surface area contributed by atoms with Gasteiger partial charge >= 0.3 is 0 Å². The van der Waals surface area contributed by atoms with Crippen molar-refractivity contribution in [2.75, 3.05) is 13.1 Å². The van der Waals surface area contributed by atoms with E-state index >= 15 is 0 Å². The molecule has 0 radical (unpaired) electrons. The number of rotatable bonds is 2. The van der Waals surface area contributed by atoms with E-state index in [4.69, 9.17) is 11.6 Å². The van der Waals surface area contributed by atoms with Crippen molar-refractivity contribution in [2.45, 2.75) is 26.4 Å². The molecule has 2 rings (SSSR count). The van der Waals surface area contributed by atoms with Gasteiger partial charge in [-0.25, -0.2) is 4.39 Å². The Morgan fingerprint density at radius 3 is 2.84 bits per heavy atom. The van der Waals surface area contributed by atoms with Crippen molar-refractivity contribution < 1.29 is 14.3 Å². The number of carbonyl (C=O) groups excluding carboxylic acids is 1. The van der Waals surface area contributed by atoms with E-state index < -0.39 is 11.9 Å². The predicted molar refractivity (Wildman–Crippen MR) is 71.8 cm³/mol. The number of hydrogen-bond acceptors (Lipinski definition) is 2. The fourth-order valence-corrected chi connectivity index (χ4v) is 2.59. The molecule has 1 aromatic carbocycles. The largest absolute Gasteiger partial charge is 0.393 e. The average molecular weight is 286 g/mol. The number of halogens is 2. The molecule has 0 saturated carbocycles. The second kappa shape index (κ2) is 5.47. The number of likely N-dealkylation sites (tertiary alicyclic amines) is 1. The molecule has 1 aromatic rings. The normalized spacial score (nSPS) is 20.7. The molecule has 1 fully saturated rings. The van der Waals surface area contributed by atoms with Gasteiger partial charge in [0, 0.05) is 19.0 Å². The quantitative estimate of drug-likeness (QED) is 0.907. The molecule has 0 aliphatic carbocycles. The first-order valence-corrected chi connectivity index (χ1v) is 6.71. The van der Waals surface area contributed by atoms with Gasteiger partial charge in [0.1, 0.15) is 5.82 Å². The number of hydrogen-bond donors (Lipinski definition) is 1. The third-order valence-corrected chi connectivity index (χ3v) is 3.99. The number of aliphatic hydroxyl groups is 1. The van der Waals surface area contributed by atoms with Crippen LogP contribution in [0.3, 0.4) is 0 Å². The van der Waals surface area contributed by atoms with Crippen molar-refractivity contribution in [1.29, 1.82) is 0 Å². The minimum atomic E-state index is -0.428. The molecule has 5 heteroatoms. The predicted octanol–water partition coefficient (Wildman–Crippen LogP) is 2.63. The zero-order valence-electron chi connectivity index (χ0n) is 11.0. The van der Waals surface area contributed by atoms with Gasteiger partial charge in [0.25, 0.3) is 5.91 Å². The summed E-state index contributed by atoms with van der Waals surface area (Å²) in [4.78, 5) is 14.0. The van der Waals surface area contributed by atoms with Crippen molar-refractivity contribution in [3.8, 4) is 0 Å². The van der Waals surface area contributed by atoms with E-state index in [2.05, 4.69) is 0 Å². The highest BCUT2D eigenvalue weighted by atomic mass is 35.5. The molecule has 1 aliphatic rings. The smallest absolute Gasteiger partial charge is 0.255 e. The summed E-state index contributed by atoms with van der Waals surface area (Å²) >= 11 is 5.94. The summed E-state index contributed by atoms with van der Waals surface area (Å²) in [5, 5.41) is 9.68. The Bertz CT molecular complexity index is 504. The lowest BCUT2D eigenvalue weighted by Gasteiger charge is -2.18. The van der Waals surface area contributed by atoms with E-state index in [0.29, 0.717) is 24.2 Å². The van der Waals surface area contributed by atoms with Gasteiger partial charge in [-0.3, -0.25) is 4.79 Å². The molecule has 104 valence electrons. The third kappa shape index (κ3) is 2.90. The zero-order chi connectivity index (χ0) is 14.2. The average Bonchev–Trinajstić information content (AvgIpc) is 2.82. The summed E-state index contributed by atoms with van der Waals surface area (Å²) in [6, 6.07) is 2.65. The van der Waals surface area contributed by atoms with Crippen LogP contribution in [0.5, 0.6) is 0 Å².